The molecule has 1 aromatic carbocycles. The van der Waals surface area contributed by atoms with Crippen molar-refractivity contribution in [3.8, 4) is 11.3 Å². The van der Waals surface area contributed by atoms with Gasteiger partial charge in [0.1, 0.15) is 17.0 Å². The molecule has 8 heteroatoms. The topological polar surface area (TPSA) is 76.7 Å². The van der Waals surface area contributed by atoms with Crippen molar-refractivity contribution in [1.29, 1.82) is 0 Å². The van der Waals surface area contributed by atoms with Crippen LogP contribution < -0.4 is 5.46 Å². The van der Waals surface area contributed by atoms with Crippen molar-refractivity contribution in [3.05, 3.63) is 36.3 Å². The van der Waals surface area contributed by atoms with Crippen molar-refractivity contribution < 1.29 is 18.8 Å². The van der Waals surface area contributed by atoms with Gasteiger partial charge >= 0.3 is 13.2 Å². The Morgan fingerprint density at radius 3 is 2.16 bits per heavy atom. The number of carbonyl (C=O) groups is 1. The Kier molecular flexibility index (Phi) is 5.25. The van der Waals surface area contributed by atoms with E-state index in [9.17, 15) is 4.79 Å². The van der Waals surface area contributed by atoms with Gasteiger partial charge in [0.2, 0.25) is 0 Å². The van der Waals surface area contributed by atoms with Gasteiger partial charge in [-0.1, -0.05) is 24.3 Å². The van der Waals surface area contributed by atoms with E-state index in [-0.39, 0.29) is 24.4 Å². The number of rotatable bonds is 4. The zero-order chi connectivity index (χ0) is 23.5. The Morgan fingerprint density at radius 2 is 1.66 bits per heavy atom. The molecule has 1 amide bonds. The van der Waals surface area contributed by atoms with Crippen molar-refractivity contribution in [2.45, 2.75) is 83.6 Å². The fourth-order valence-corrected chi connectivity index (χ4v) is 3.86. The maximum Gasteiger partial charge on any atom is 0.494 e. The van der Waals surface area contributed by atoms with Gasteiger partial charge in [-0.05, 0) is 72.3 Å². The first-order valence-electron chi connectivity index (χ1n) is 11.2. The minimum absolute atomic E-state index is 0.334. The minimum atomic E-state index is -0.533. The summed E-state index contributed by atoms with van der Waals surface area (Å²) in [5.41, 5.74) is 1.21. The molecule has 2 fully saturated rings. The third kappa shape index (κ3) is 4.06. The summed E-state index contributed by atoms with van der Waals surface area (Å²) in [4.78, 5) is 22.3. The molecule has 1 aromatic heterocycles. The molecule has 0 unspecified atom stereocenters. The second kappa shape index (κ2) is 7.35. The van der Waals surface area contributed by atoms with Crippen LogP contribution in [0.25, 0.3) is 11.3 Å². The normalized spacial score (nSPS) is 20.8. The third-order valence-electron chi connectivity index (χ3n) is 6.80. The smallest absolute Gasteiger partial charge is 0.444 e. The van der Waals surface area contributed by atoms with E-state index in [0.29, 0.717) is 0 Å². The number of aromatic amines is 1. The largest absolute Gasteiger partial charge is 0.494 e. The number of hydrogen-bond acceptors (Lipinski definition) is 5. The maximum atomic E-state index is 12.6. The highest BCUT2D eigenvalue weighted by molar-refractivity contribution is 6.62. The molecule has 0 radical (unpaired) electrons. The van der Waals surface area contributed by atoms with Gasteiger partial charge in [-0.2, -0.15) is 0 Å². The van der Waals surface area contributed by atoms with Crippen LogP contribution in [0.1, 0.15) is 67.1 Å². The first-order chi connectivity index (χ1) is 14.7. The van der Waals surface area contributed by atoms with Crippen LogP contribution in [0.15, 0.2) is 30.5 Å². The molecule has 1 saturated carbocycles. The van der Waals surface area contributed by atoms with Gasteiger partial charge in [0.05, 0.1) is 23.1 Å². The summed E-state index contributed by atoms with van der Waals surface area (Å²) < 4.78 is 17.8. The van der Waals surface area contributed by atoms with Crippen LogP contribution in [0.2, 0.25) is 0 Å². The molecule has 2 aliphatic rings. The lowest BCUT2D eigenvalue weighted by Crippen LogP contribution is -2.41. The van der Waals surface area contributed by atoms with Crippen LogP contribution in [-0.4, -0.2) is 51.9 Å². The van der Waals surface area contributed by atoms with E-state index in [1.807, 2.05) is 51.2 Å². The molecule has 0 atom stereocenters. The first kappa shape index (κ1) is 22.9. The lowest BCUT2D eigenvalue weighted by Gasteiger charge is -2.32. The number of amides is 1. The average molecular weight is 439 g/mol. The van der Waals surface area contributed by atoms with Gasteiger partial charge in [-0.25, -0.2) is 9.78 Å². The van der Waals surface area contributed by atoms with E-state index in [4.69, 9.17) is 14.0 Å². The highest BCUT2D eigenvalue weighted by atomic mass is 16.7. The fourth-order valence-electron chi connectivity index (χ4n) is 3.86. The number of hydrogen-bond donors (Lipinski definition) is 1. The van der Waals surface area contributed by atoms with Crippen LogP contribution in [0, 0.1) is 0 Å². The summed E-state index contributed by atoms with van der Waals surface area (Å²) >= 11 is 0. The number of aromatic nitrogens is 2. The minimum Gasteiger partial charge on any atom is -0.444 e. The Bertz CT molecular complexity index is 987. The van der Waals surface area contributed by atoms with Crippen LogP contribution in [0.4, 0.5) is 4.79 Å². The highest BCUT2D eigenvalue weighted by Gasteiger charge is 2.54. The number of nitrogens with zero attached hydrogens (tertiary/aromatic N) is 2. The van der Waals surface area contributed by atoms with Crippen LogP contribution in [0.3, 0.4) is 0 Å². The highest BCUT2D eigenvalue weighted by Crippen LogP contribution is 2.49. The van der Waals surface area contributed by atoms with Gasteiger partial charge in [0.15, 0.2) is 0 Å². The molecule has 1 saturated heterocycles. The predicted octanol–water partition coefficient (Wildman–Crippen LogP) is 4.23. The molecular weight excluding hydrogens is 405 g/mol. The number of carbonyl (C=O) groups excluding carboxylic acids is 1. The molecule has 1 aliphatic carbocycles. The monoisotopic (exact) mass is 439 g/mol. The molecule has 2 aromatic rings. The van der Waals surface area contributed by atoms with E-state index >= 15 is 0 Å². The average Bonchev–Trinajstić information content (AvgIpc) is 3.27. The summed E-state index contributed by atoms with van der Waals surface area (Å²) in [6, 6.07) is 8.12. The number of H-pyrrole nitrogens is 1. The Balaban J connectivity index is 1.49. The number of imidazole rings is 1. The molecule has 172 valence electrons. The SMILES string of the molecule is CN(C(=O)OC(C)(C)C)C1(c2ncc(-c3ccc(B4OC(C)(C)C(C)(C)O4)cc3)[nH]2)CC1. The lowest BCUT2D eigenvalue weighted by molar-refractivity contribution is 0.00578. The number of benzene rings is 1. The summed E-state index contributed by atoms with van der Waals surface area (Å²) in [5, 5.41) is 0. The van der Waals surface area contributed by atoms with Crippen molar-refractivity contribution in [3.63, 3.8) is 0 Å². The molecule has 7 nitrogen and oxygen atoms in total. The molecule has 2 heterocycles. The number of ether oxygens (including phenoxy) is 1. The lowest BCUT2D eigenvalue weighted by atomic mass is 9.79. The Labute approximate surface area is 191 Å². The van der Waals surface area contributed by atoms with Crippen LogP contribution >= 0.6 is 0 Å². The van der Waals surface area contributed by atoms with E-state index in [1.165, 1.54) is 0 Å². The molecule has 32 heavy (non-hydrogen) atoms. The molecule has 1 N–H and O–H groups in total. The van der Waals surface area contributed by atoms with E-state index < -0.39 is 11.1 Å². The standard InChI is InChI=1S/C24H34BN3O4/c1-21(2,3)30-20(29)28(8)24(13-14-24)19-26-15-18(27-19)16-9-11-17(12-10-16)25-31-22(4,5)23(6,7)32-25/h9-12,15H,13-14H2,1-8H3,(H,26,27). The summed E-state index contributed by atoms with van der Waals surface area (Å²) in [6.45, 7) is 13.8. The van der Waals surface area contributed by atoms with E-state index in [2.05, 4.69) is 37.7 Å². The summed E-state index contributed by atoms with van der Waals surface area (Å²) in [6.07, 6.45) is 3.20. The van der Waals surface area contributed by atoms with Crippen molar-refractivity contribution in [1.82, 2.24) is 14.9 Å². The van der Waals surface area contributed by atoms with Gasteiger partial charge in [-0.3, -0.25) is 4.90 Å². The van der Waals surface area contributed by atoms with Gasteiger partial charge in [-0.15, -0.1) is 0 Å². The maximum absolute atomic E-state index is 12.6. The molecule has 4 rings (SSSR count). The van der Waals surface area contributed by atoms with E-state index in [1.54, 1.807) is 11.9 Å². The van der Waals surface area contributed by atoms with Gasteiger partial charge < -0.3 is 19.0 Å². The molecular formula is C24H34BN3O4. The first-order valence-corrected chi connectivity index (χ1v) is 11.2. The van der Waals surface area contributed by atoms with Crippen molar-refractivity contribution >= 4 is 18.7 Å². The second-order valence-corrected chi connectivity index (χ2v) is 10.9. The Hall–Kier alpha value is -2.32. The number of nitrogens with one attached hydrogen (secondary N) is 1. The predicted molar refractivity (Wildman–Crippen MR) is 125 cm³/mol. The molecule has 0 bridgehead atoms. The van der Waals surface area contributed by atoms with Gasteiger partial charge in [0, 0.05) is 7.05 Å². The van der Waals surface area contributed by atoms with E-state index in [0.717, 1.165) is 35.4 Å². The molecule has 1 aliphatic heterocycles. The second-order valence-electron chi connectivity index (χ2n) is 10.9. The third-order valence-corrected chi connectivity index (χ3v) is 6.80. The molecule has 0 spiro atoms. The zero-order valence-corrected chi connectivity index (χ0v) is 20.4. The fraction of sp³-hybridized carbons (Fsp3) is 0.583. The zero-order valence-electron chi connectivity index (χ0n) is 20.4. The van der Waals surface area contributed by atoms with Crippen molar-refractivity contribution in [2.75, 3.05) is 7.05 Å². The van der Waals surface area contributed by atoms with Gasteiger partial charge in [0.25, 0.3) is 0 Å². The Morgan fingerprint density at radius 1 is 1.09 bits per heavy atom. The van der Waals surface area contributed by atoms with Crippen molar-refractivity contribution in [2.24, 2.45) is 0 Å². The van der Waals surface area contributed by atoms with Crippen LogP contribution in [0.5, 0.6) is 0 Å². The quantitative estimate of drug-likeness (QED) is 0.722. The van der Waals surface area contributed by atoms with Crippen LogP contribution in [-0.2, 0) is 19.6 Å². The summed E-state index contributed by atoms with van der Waals surface area (Å²) in [5.74, 6) is 0.788. The summed E-state index contributed by atoms with van der Waals surface area (Å²) in [7, 11) is 1.39.